The summed E-state index contributed by atoms with van der Waals surface area (Å²) in [6, 6.07) is 3.29. The first-order chi connectivity index (χ1) is 9.12. The highest BCUT2D eigenvalue weighted by molar-refractivity contribution is 6.31. The fraction of sp³-hybridized carbons (Fsp3) is 0.600. The Kier molecular flexibility index (Phi) is 3.34. The van der Waals surface area contributed by atoms with Crippen LogP contribution in [0.2, 0.25) is 5.02 Å². The Morgan fingerprint density at radius 1 is 1.21 bits per heavy atom. The van der Waals surface area contributed by atoms with Gasteiger partial charge in [-0.05, 0) is 25.3 Å². The van der Waals surface area contributed by atoms with Gasteiger partial charge in [0, 0.05) is 25.2 Å². The summed E-state index contributed by atoms with van der Waals surface area (Å²) >= 11 is 5.96. The van der Waals surface area contributed by atoms with E-state index >= 15 is 0 Å². The first kappa shape index (κ1) is 13.0. The van der Waals surface area contributed by atoms with Crippen molar-refractivity contribution in [2.75, 3.05) is 23.8 Å². The Morgan fingerprint density at radius 3 is 2.68 bits per heavy atom. The highest BCUT2D eigenvalue weighted by atomic mass is 35.5. The number of hydrogen-bond acceptors (Lipinski definition) is 2. The molecule has 0 aromatic heterocycles. The first-order valence-electron chi connectivity index (χ1n) is 7.09. The summed E-state index contributed by atoms with van der Waals surface area (Å²) in [5.74, 6) is -0.346. The number of fused-ring (bicyclic) bond motifs is 1. The fourth-order valence-corrected chi connectivity index (χ4v) is 3.76. The van der Waals surface area contributed by atoms with E-state index in [0.29, 0.717) is 0 Å². The number of benzene rings is 1. The Bertz CT molecular complexity index is 483. The van der Waals surface area contributed by atoms with Crippen molar-refractivity contribution in [2.24, 2.45) is 0 Å². The van der Waals surface area contributed by atoms with E-state index in [-0.39, 0.29) is 16.4 Å². The molecule has 1 heterocycles. The van der Waals surface area contributed by atoms with E-state index in [2.05, 4.69) is 17.3 Å². The normalized spacial score (nSPS) is 21.7. The second-order valence-corrected chi connectivity index (χ2v) is 6.21. The summed E-state index contributed by atoms with van der Waals surface area (Å²) in [6.07, 6.45) is 7.46. The van der Waals surface area contributed by atoms with E-state index < -0.39 is 0 Å². The summed E-state index contributed by atoms with van der Waals surface area (Å²) in [4.78, 5) is 2.34. The molecule has 3 rings (SSSR count). The quantitative estimate of drug-likeness (QED) is 0.757. The van der Waals surface area contributed by atoms with Gasteiger partial charge in [-0.3, -0.25) is 0 Å². The molecule has 19 heavy (non-hydrogen) atoms. The smallest absolute Gasteiger partial charge is 0.143 e. The molecular weight excluding hydrogens is 263 g/mol. The number of anilines is 2. The van der Waals surface area contributed by atoms with Gasteiger partial charge < -0.3 is 10.2 Å². The highest BCUT2D eigenvalue weighted by Gasteiger charge is 2.38. The Hall–Kier alpha value is -0.960. The molecule has 1 aliphatic carbocycles. The third-order valence-electron chi connectivity index (χ3n) is 4.80. The number of nitrogens with one attached hydrogen (secondary N) is 1. The molecule has 1 spiro atoms. The van der Waals surface area contributed by atoms with Crippen molar-refractivity contribution in [3.8, 4) is 0 Å². The van der Waals surface area contributed by atoms with E-state index in [4.69, 9.17) is 11.6 Å². The average Bonchev–Trinajstić information content (AvgIpc) is 2.53. The number of nitrogens with zero attached hydrogens (tertiary/aromatic N) is 1. The maximum absolute atomic E-state index is 13.6. The zero-order valence-electron chi connectivity index (χ0n) is 11.3. The minimum Gasteiger partial charge on any atom is -0.383 e. The van der Waals surface area contributed by atoms with E-state index in [1.165, 1.54) is 38.2 Å². The monoisotopic (exact) mass is 282 g/mol. The maximum Gasteiger partial charge on any atom is 0.143 e. The van der Waals surface area contributed by atoms with Gasteiger partial charge in [-0.15, -0.1) is 0 Å². The molecule has 104 valence electrons. The summed E-state index contributed by atoms with van der Waals surface area (Å²) in [7, 11) is 2.13. The molecule has 4 heteroatoms. The van der Waals surface area contributed by atoms with Crippen molar-refractivity contribution >= 4 is 23.0 Å². The van der Waals surface area contributed by atoms with Crippen molar-refractivity contribution in [3.05, 3.63) is 23.0 Å². The third kappa shape index (κ3) is 2.18. The predicted molar refractivity (Wildman–Crippen MR) is 78.7 cm³/mol. The molecule has 0 atom stereocenters. The largest absolute Gasteiger partial charge is 0.383 e. The fourth-order valence-electron chi connectivity index (χ4n) is 3.60. The second-order valence-electron chi connectivity index (χ2n) is 5.80. The van der Waals surface area contributed by atoms with Crippen LogP contribution >= 0.6 is 11.6 Å². The molecule has 1 N–H and O–H groups in total. The van der Waals surface area contributed by atoms with Crippen molar-refractivity contribution in [1.29, 1.82) is 0 Å². The molecule has 1 aromatic rings. The lowest BCUT2D eigenvalue weighted by Gasteiger charge is -2.45. The standard InChI is InChI=1S/C15H20ClFN2/c1-19-14-9-11(16)12(17)10-13(14)18-8-7-15(19)5-3-2-4-6-15/h9-10,18H,2-8H2,1H3. The van der Waals surface area contributed by atoms with Gasteiger partial charge in [-0.1, -0.05) is 30.9 Å². The van der Waals surface area contributed by atoms with Crippen molar-refractivity contribution in [3.63, 3.8) is 0 Å². The SMILES string of the molecule is CN1c2cc(Cl)c(F)cc2NCCC12CCCCC2. The van der Waals surface area contributed by atoms with Crippen molar-refractivity contribution in [2.45, 2.75) is 44.1 Å². The minimum atomic E-state index is -0.346. The van der Waals surface area contributed by atoms with Gasteiger partial charge in [0.05, 0.1) is 16.4 Å². The number of hydrogen-bond donors (Lipinski definition) is 1. The lowest BCUT2D eigenvalue weighted by Crippen LogP contribution is -2.48. The van der Waals surface area contributed by atoms with Crippen LogP contribution in [-0.2, 0) is 0 Å². The van der Waals surface area contributed by atoms with Gasteiger partial charge in [0.25, 0.3) is 0 Å². The van der Waals surface area contributed by atoms with Crippen molar-refractivity contribution < 1.29 is 4.39 Å². The van der Waals surface area contributed by atoms with E-state index in [1.54, 1.807) is 6.07 Å². The van der Waals surface area contributed by atoms with Crippen molar-refractivity contribution in [1.82, 2.24) is 0 Å². The molecule has 0 saturated heterocycles. The Labute approximate surface area is 118 Å². The molecule has 1 aromatic carbocycles. The second kappa shape index (κ2) is 4.86. The summed E-state index contributed by atoms with van der Waals surface area (Å²) < 4.78 is 13.6. The highest BCUT2D eigenvalue weighted by Crippen LogP contribution is 2.43. The molecule has 0 bridgehead atoms. The zero-order chi connectivity index (χ0) is 13.5. The third-order valence-corrected chi connectivity index (χ3v) is 5.09. The molecule has 1 aliphatic heterocycles. The van der Waals surface area contributed by atoms with Crippen LogP contribution in [0.15, 0.2) is 12.1 Å². The molecular formula is C15H20ClFN2. The van der Waals surface area contributed by atoms with Crippen LogP contribution in [-0.4, -0.2) is 19.1 Å². The lowest BCUT2D eigenvalue weighted by atomic mass is 9.78. The average molecular weight is 283 g/mol. The van der Waals surface area contributed by atoms with Crippen LogP contribution in [0.1, 0.15) is 38.5 Å². The molecule has 2 nitrogen and oxygen atoms in total. The number of rotatable bonds is 0. The van der Waals surface area contributed by atoms with Crippen LogP contribution < -0.4 is 10.2 Å². The molecule has 0 unspecified atom stereocenters. The van der Waals surface area contributed by atoms with Gasteiger partial charge in [-0.25, -0.2) is 4.39 Å². The Morgan fingerprint density at radius 2 is 1.95 bits per heavy atom. The summed E-state index contributed by atoms with van der Waals surface area (Å²) in [5.41, 5.74) is 2.12. The summed E-state index contributed by atoms with van der Waals surface area (Å²) in [6.45, 7) is 0.901. The van der Waals surface area contributed by atoms with Gasteiger partial charge in [0.2, 0.25) is 0 Å². The van der Waals surface area contributed by atoms with E-state index in [0.717, 1.165) is 24.3 Å². The van der Waals surface area contributed by atoms with Crippen LogP contribution in [0.25, 0.3) is 0 Å². The van der Waals surface area contributed by atoms with Crippen LogP contribution in [0.4, 0.5) is 15.8 Å². The predicted octanol–water partition coefficient (Wildman–Crippen LogP) is 4.43. The van der Waals surface area contributed by atoms with Crippen LogP contribution in [0.5, 0.6) is 0 Å². The minimum absolute atomic E-state index is 0.209. The van der Waals surface area contributed by atoms with E-state index in [9.17, 15) is 4.39 Å². The Balaban J connectivity index is 2.03. The van der Waals surface area contributed by atoms with Gasteiger partial charge in [0.1, 0.15) is 5.82 Å². The topological polar surface area (TPSA) is 15.3 Å². The van der Waals surface area contributed by atoms with Crippen LogP contribution in [0, 0.1) is 5.82 Å². The molecule has 0 amide bonds. The first-order valence-corrected chi connectivity index (χ1v) is 7.47. The van der Waals surface area contributed by atoms with Gasteiger partial charge in [0.15, 0.2) is 0 Å². The zero-order valence-corrected chi connectivity index (χ0v) is 12.1. The molecule has 1 fully saturated rings. The maximum atomic E-state index is 13.6. The van der Waals surface area contributed by atoms with Gasteiger partial charge >= 0.3 is 0 Å². The summed E-state index contributed by atoms with van der Waals surface area (Å²) in [5, 5.41) is 3.56. The van der Waals surface area contributed by atoms with Crippen LogP contribution in [0.3, 0.4) is 0 Å². The van der Waals surface area contributed by atoms with Gasteiger partial charge in [-0.2, -0.15) is 0 Å². The molecule has 1 saturated carbocycles. The lowest BCUT2D eigenvalue weighted by molar-refractivity contribution is 0.274. The molecule has 2 aliphatic rings. The molecule has 0 radical (unpaired) electrons. The number of halogens is 2. The van der Waals surface area contributed by atoms with E-state index in [1.807, 2.05) is 0 Å².